The normalized spacial score (nSPS) is 12.0. The fourth-order valence-corrected chi connectivity index (χ4v) is 0. The highest BCUT2D eigenvalue weighted by atomic mass is 36.0. The molecule has 0 rings (SSSR count). The molecule has 0 aromatic rings. The Hall–Kier alpha value is 2.18. The van der Waals surface area contributed by atoms with Crippen LogP contribution in [0.1, 0.15) is 0 Å². The Kier molecular flexibility index (Phi) is 8.46. The average Bonchev–Trinajstić information content (AvgIpc) is 1.12. The molecule has 0 bridgehead atoms. The Morgan fingerprint density at radius 3 is 0.900 bits per heavy atom. The molecule has 64 valence electrons. The van der Waals surface area contributed by atoms with Gasteiger partial charge in [-0.25, -0.2) is 0 Å². The zero-order valence-electron chi connectivity index (χ0n) is 4.02. The van der Waals surface area contributed by atoms with Crippen molar-refractivity contribution < 1.29 is 4.39 Å². The van der Waals surface area contributed by atoms with E-state index in [2.05, 4.69) is 34.8 Å². The number of halogens is 8. The number of alkyl halides is 4. The van der Waals surface area contributed by atoms with Crippen LogP contribution in [0.15, 0.2) is 0 Å². The molecule has 9 heteroatoms. The summed E-state index contributed by atoms with van der Waals surface area (Å²) in [4.78, 5) is 0. The summed E-state index contributed by atoms with van der Waals surface area (Å²) in [5, 5.41) is -2.72. The first-order chi connectivity index (χ1) is 4.00. The summed E-state index contributed by atoms with van der Waals surface area (Å²) in [6.07, 6.45) is 0. The zero-order valence-corrected chi connectivity index (χ0v) is 10.3. The average molecular weight is 307 g/mol. The molecule has 0 N–H and O–H groups in total. The van der Waals surface area contributed by atoms with Crippen LogP contribution >= 0.6 is 79.1 Å². The molecular formula is CCl7FSi. The lowest BCUT2D eigenvalue weighted by molar-refractivity contribution is 0.507. The standard InChI is InChI=1S/CCl3F.Cl4Si/c2-1(3,4)5;1-5(2,3)4. The number of hydrogen-bond acceptors (Lipinski definition) is 0. The molecule has 10 heavy (non-hydrogen) atoms. The van der Waals surface area contributed by atoms with Gasteiger partial charge < -0.3 is 0 Å². The SMILES string of the molecule is Cl[Si](Cl)(Cl)Cl.FC(Cl)(Cl)Cl. The highest BCUT2D eigenvalue weighted by Crippen LogP contribution is 2.26. The van der Waals surface area contributed by atoms with Crippen molar-refractivity contribution in [3.8, 4) is 0 Å². The molecule has 0 heterocycles. The lowest BCUT2D eigenvalue weighted by Crippen LogP contribution is -1.91. The first-order valence-corrected chi connectivity index (χ1v) is 8.69. The smallest absolute Gasteiger partial charge is 0.189 e. The Bertz CT molecular complexity index is 56.6. The second kappa shape index (κ2) is 5.76. The van der Waals surface area contributed by atoms with Crippen LogP contribution in [0.5, 0.6) is 0 Å². The summed E-state index contributed by atoms with van der Waals surface area (Å²) in [6, 6.07) is 0. The van der Waals surface area contributed by atoms with Gasteiger partial charge in [0.15, 0.2) is 0 Å². The Labute approximate surface area is 92.2 Å². The first kappa shape index (κ1) is 14.7. The van der Waals surface area contributed by atoms with Crippen LogP contribution in [-0.2, 0) is 0 Å². The maximum Gasteiger partial charge on any atom is 0.440 e. The molecule has 0 aromatic heterocycles. The van der Waals surface area contributed by atoms with E-state index >= 15 is 0 Å². The predicted molar refractivity (Wildman–Crippen MR) is 50.6 cm³/mol. The summed E-state index contributed by atoms with van der Waals surface area (Å²) in [5.74, 6) is 0. The van der Waals surface area contributed by atoms with Crippen molar-refractivity contribution in [3.63, 3.8) is 0 Å². The van der Waals surface area contributed by atoms with Gasteiger partial charge in [-0.2, -0.15) is 4.39 Å². The zero-order chi connectivity index (χ0) is 9.00. The second-order valence-corrected chi connectivity index (χ2v) is 14.1. The van der Waals surface area contributed by atoms with Crippen molar-refractivity contribution >= 4 is 84.4 Å². The Morgan fingerprint density at radius 2 is 0.900 bits per heavy atom. The highest BCUT2D eigenvalue weighted by Gasteiger charge is 2.19. The van der Waals surface area contributed by atoms with E-state index in [0.29, 0.717) is 0 Å². The maximum absolute atomic E-state index is 11.0. The third-order valence-corrected chi connectivity index (χ3v) is 0. The van der Waals surface area contributed by atoms with Crippen LogP contribution in [0.4, 0.5) is 4.39 Å². The van der Waals surface area contributed by atoms with Crippen LogP contribution in [0.25, 0.3) is 0 Å². The van der Waals surface area contributed by atoms with E-state index in [1.54, 1.807) is 0 Å². The number of rotatable bonds is 0. The molecule has 0 unspecified atom stereocenters. The van der Waals surface area contributed by atoms with E-state index < -0.39 is 9.36 Å². The van der Waals surface area contributed by atoms with Crippen LogP contribution < -0.4 is 0 Å². The van der Waals surface area contributed by atoms with E-state index in [1.807, 2.05) is 0 Å². The summed E-state index contributed by atoms with van der Waals surface area (Å²) < 4.78 is 8.40. The highest BCUT2D eigenvalue weighted by molar-refractivity contribution is 7.81. The molecular weight excluding hydrogens is 307 g/mol. The maximum atomic E-state index is 11.0. The van der Waals surface area contributed by atoms with Crippen molar-refractivity contribution in [2.24, 2.45) is 0 Å². The van der Waals surface area contributed by atoms with Gasteiger partial charge in [0, 0.05) is 0 Å². The van der Waals surface area contributed by atoms with Gasteiger partial charge >= 0.3 is 9.36 Å². The summed E-state index contributed by atoms with van der Waals surface area (Å²) >= 11 is 33.0. The molecule has 0 nitrogen and oxygen atoms in total. The van der Waals surface area contributed by atoms with Gasteiger partial charge in [-0.05, 0) is 34.8 Å². The molecule has 0 radical (unpaired) electrons. The summed E-state index contributed by atoms with van der Waals surface area (Å²) in [5.41, 5.74) is 0. The van der Waals surface area contributed by atoms with E-state index in [1.165, 1.54) is 0 Å². The van der Waals surface area contributed by atoms with E-state index in [4.69, 9.17) is 44.3 Å². The van der Waals surface area contributed by atoms with Gasteiger partial charge in [-0.1, -0.05) is 0 Å². The van der Waals surface area contributed by atoms with Gasteiger partial charge in [0.05, 0.1) is 0 Å². The molecule has 0 saturated heterocycles. The van der Waals surface area contributed by atoms with Crippen LogP contribution in [0.3, 0.4) is 0 Å². The lowest BCUT2D eigenvalue weighted by atomic mass is 11.7. The van der Waals surface area contributed by atoms with Crippen molar-refractivity contribution in [3.05, 3.63) is 0 Å². The number of hydrogen-bond donors (Lipinski definition) is 0. The van der Waals surface area contributed by atoms with Crippen LogP contribution in [0, 0.1) is 0 Å². The minimum absolute atomic E-state index is 2.58. The molecule has 0 saturated carbocycles. The summed E-state index contributed by atoms with van der Waals surface area (Å²) in [7, 11) is 0. The fraction of sp³-hybridized carbons (Fsp3) is 1.00. The predicted octanol–water partition coefficient (Wildman–Crippen LogP) is 4.66. The van der Waals surface area contributed by atoms with Crippen molar-refractivity contribution in [2.75, 3.05) is 0 Å². The molecule has 0 aliphatic carbocycles. The van der Waals surface area contributed by atoms with Crippen molar-refractivity contribution in [1.82, 2.24) is 0 Å². The van der Waals surface area contributed by atoms with Gasteiger partial charge in [0.25, 0.3) is 0 Å². The topological polar surface area (TPSA) is 0 Å². The third kappa shape index (κ3) is 181. The first-order valence-electron chi connectivity index (χ1n) is 1.51. The van der Waals surface area contributed by atoms with Gasteiger partial charge in [0.1, 0.15) is 0 Å². The van der Waals surface area contributed by atoms with Gasteiger partial charge in [-0.15, -0.1) is 44.3 Å². The molecule has 0 amide bonds. The van der Waals surface area contributed by atoms with Gasteiger partial charge in [-0.3, -0.25) is 0 Å². The van der Waals surface area contributed by atoms with E-state index in [9.17, 15) is 4.39 Å². The van der Waals surface area contributed by atoms with E-state index in [0.717, 1.165) is 0 Å². The van der Waals surface area contributed by atoms with Crippen LogP contribution in [-0.4, -0.2) is 9.36 Å². The van der Waals surface area contributed by atoms with E-state index in [-0.39, 0.29) is 0 Å². The Balaban J connectivity index is 0. The lowest BCUT2D eigenvalue weighted by Gasteiger charge is -1.89. The summed E-state index contributed by atoms with van der Waals surface area (Å²) in [6.45, 7) is 0. The molecule has 0 aliphatic heterocycles. The minimum atomic E-state index is -2.72. The minimum Gasteiger partial charge on any atom is -0.189 e. The molecule has 0 fully saturated rings. The molecule has 0 atom stereocenters. The van der Waals surface area contributed by atoms with Gasteiger partial charge in [0.2, 0.25) is 0 Å². The molecule has 0 spiro atoms. The Morgan fingerprint density at radius 1 is 0.900 bits per heavy atom. The molecule has 0 aromatic carbocycles. The monoisotopic (exact) mass is 304 g/mol. The quantitative estimate of drug-likeness (QED) is 0.347. The largest absolute Gasteiger partial charge is 0.440 e. The van der Waals surface area contributed by atoms with Crippen molar-refractivity contribution in [1.29, 1.82) is 0 Å². The van der Waals surface area contributed by atoms with Crippen LogP contribution in [0.2, 0.25) is 0 Å². The fourth-order valence-electron chi connectivity index (χ4n) is 0. The second-order valence-electron chi connectivity index (χ2n) is 0.857. The van der Waals surface area contributed by atoms with Crippen molar-refractivity contribution in [2.45, 2.75) is 4.05 Å². The molecule has 0 aliphatic rings. The third-order valence-electron chi connectivity index (χ3n) is 0.